The zero-order chi connectivity index (χ0) is 9.68. The largest absolute Gasteiger partial charge is 0.399 e. The number of likely N-dealkylation sites (tertiary alicyclic amines) is 1. The van der Waals surface area contributed by atoms with E-state index in [1.807, 2.05) is 0 Å². The van der Waals surface area contributed by atoms with Gasteiger partial charge in [0.15, 0.2) is 0 Å². The summed E-state index contributed by atoms with van der Waals surface area (Å²) in [5.41, 5.74) is 1.17. The number of alkyl halides is 1. The third-order valence-electron chi connectivity index (χ3n) is 2.44. The molecule has 1 atom stereocenters. The first-order chi connectivity index (χ1) is 6.27. The second-order valence-electron chi connectivity index (χ2n) is 3.38. The van der Waals surface area contributed by atoms with E-state index in [-0.39, 0.29) is 0 Å². The van der Waals surface area contributed by atoms with Crippen LogP contribution < -0.4 is 0 Å². The number of oxime groups is 1. The molecule has 0 aromatic carbocycles. The van der Waals surface area contributed by atoms with Gasteiger partial charge in [0.05, 0.1) is 5.71 Å². The summed E-state index contributed by atoms with van der Waals surface area (Å²) in [7, 11) is 1.60. The van der Waals surface area contributed by atoms with Gasteiger partial charge < -0.3 is 4.84 Å². The standard InChI is InChI=1S/C9H17ClN2O/c1-8(7-10)12-5-3-9(4-6-12)11-13-2/h8H,3-7H2,1-2H3. The molecule has 0 radical (unpaired) electrons. The van der Waals surface area contributed by atoms with Crippen molar-refractivity contribution < 1.29 is 4.84 Å². The van der Waals surface area contributed by atoms with Gasteiger partial charge in [-0.05, 0) is 6.92 Å². The van der Waals surface area contributed by atoms with Crippen molar-refractivity contribution in [1.82, 2.24) is 4.90 Å². The molecule has 0 bridgehead atoms. The molecule has 1 heterocycles. The maximum Gasteiger partial charge on any atom is 0.106 e. The fraction of sp³-hybridized carbons (Fsp3) is 0.889. The molecule has 1 rings (SSSR count). The first-order valence-electron chi connectivity index (χ1n) is 4.67. The Balaban J connectivity index is 2.34. The zero-order valence-electron chi connectivity index (χ0n) is 8.29. The van der Waals surface area contributed by atoms with Crippen LogP contribution in [0.3, 0.4) is 0 Å². The Kier molecular flexibility index (Phi) is 4.53. The number of piperidine rings is 1. The van der Waals surface area contributed by atoms with Crippen molar-refractivity contribution >= 4 is 17.3 Å². The molecule has 1 saturated heterocycles. The molecule has 13 heavy (non-hydrogen) atoms. The van der Waals surface area contributed by atoms with Crippen molar-refractivity contribution in [3.63, 3.8) is 0 Å². The van der Waals surface area contributed by atoms with E-state index in [4.69, 9.17) is 16.4 Å². The first kappa shape index (κ1) is 10.8. The van der Waals surface area contributed by atoms with Gasteiger partial charge >= 0.3 is 0 Å². The highest BCUT2D eigenvalue weighted by Crippen LogP contribution is 2.11. The Labute approximate surface area is 84.7 Å². The van der Waals surface area contributed by atoms with E-state index < -0.39 is 0 Å². The average Bonchev–Trinajstić information content (AvgIpc) is 2.18. The van der Waals surface area contributed by atoms with E-state index in [2.05, 4.69) is 17.0 Å². The molecule has 1 fully saturated rings. The van der Waals surface area contributed by atoms with Crippen molar-refractivity contribution in [1.29, 1.82) is 0 Å². The van der Waals surface area contributed by atoms with Crippen LogP contribution in [0.25, 0.3) is 0 Å². The van der Waals surface area contributed by atoms with Gasteiger partial charge in [-0.2, -0.15) is 0 Å². The summed E-state index contributed by atoms with van der Waals surface area (Å²) in [6.45, 7) is 4.26. The molecule has 0 aromatic heterocycles. The molecule has 1 aliphatic rings. The van der Waals surface area contributed by atoms with Crippen LogP contribution in [0.1, 0.15) is 19.8 Å². The van der Waals surface area contributed by atoms with Gasteiger partial charge in [-0.1, -0.05) is 5.16 Å². The van der Waals surface area contributed by atoms with Gasteiger partial charge in [-0.25, -0.2) is 0 Å². The predicted molar refractivity (Wildman–Crippen MR) is 55.4 cm³/mol. The van der Waals surface area contributed by atoms with Crippen LogP contribution in [0.4, 0.5) is 0 Å². The predicted octanol–water partition coefficient (Wildman–Crippen LogP) is 1.71. The van der Waals surface area contributed by atoms with Crippen molar-refractivity contribution in [3.8, 4) is 0 Å². The van der Waals surface area contributed by atoms with E-state index in [0.29, 0.717) is 11.9 Å². The van der Waals surface area contributed by atoms with E-state index in [1.165, 1.54) is 5.71 Å². The minimum Gasteiger partial charge on any atom is -0.399 e. The summed E-state index contributed by atoms with van der Waals surface area (Å²) in [4.78, 5) is 7.14. The maximum absolute atomic E-state index is 5.79. The van der Waals surface area contributed by atoms with E-state index >= 15 is 0 Å². The number of hydrogen-bond acceptors (Lipinski definition) is 3. The van der Waals surface area contributed by atoms with Crippen molar-refractivity contribution in [2.75, 3.05) is 26.1 Å². The fourth-order valence-corrected chi connectivity index (χ4v) is 1.74. The van der Waals surface area contributed by atoms with Gasteiger partial charge in [0.2, 0.25) is 0 Å². The van der Waals surface area contributed by atoms with E-state index in [9.17, 15) is 0 Å². The van der Waals surface area contributed by atoms with Crippen LogP contribution in [-0.2, 0) is 4.84 Å². The lowest BCUT2D eigenvalue weighted by atomic mass is 10.1. The Morgan fingerprint density at radius 1 is 1.54 bits per heavy atom. The van der Waals surface area contributed by atoms with Crippen molar-refractivity contribution in [2.45, 2.75) is 25.8 Å². The van der Waals surface area contributed by atoms with Crippen LogP contribution in [0.2, 0.25) is 0 Å². The monoisotopic (exact) mass is 204 g/mol. The number of rotatable bonds is 3. The Bertz CT molecular complexity index is 174. The minimum absolute atomic E-state index is 0.478. The van der Waals surface area contributed by atoms with Crippen LogP contribution in [0, 0.1) is 0 Å². The smallest absolute Gasteiger partial charge is 0.106 e. The second kappa shape index (κ2) is 5.45. The molecule has 3 nitrogen and oxygen atoms in total. The van der Waals surface area contributed by atoms with E-state index in [1.54, 1.807) is 7.11 Å². The molecular weight excluding hydrogens is 188 g/mol. The maximum atomic E-state index is 5.79. The summed E-state index contributed by atoms with van der Waals surface area (Å²) in [5.74, 6) is 0.705. The molecule has 0 aliphatic carbocycles. The van der Waals surface area contributed by atoms with Crippen LogP contribution in [0.15, 0.2) is 5.16 Å². The molecule has 1 unspecified atom stereocenters. The van der Waals surface area contributed by atoms with Gasteiger partial charge in [0.1, 0.15) is 7.11 Å². The second-order valence-corrected chi connectivity index (χ2v) is 3.69. The molecule has 0 amide bonds. The summed E-state index contributed by atoms with van der Waals surface area (Å²) >= 11 is 5.79. The normalized spacial score (nSPS) is 21.3. The summed E-state index contributed by atoms with van der Waals surface area (Å²) < 4.78 is 0. The quantitative estimate of drug-likeness (QED) is 0.517. The van der Waals surface area contributed by atoms with Crippen molar-refractivity contribution in [2.24, 2.45) is 5.16 Å². The summed E-state index contributed by atoms with van der Waals surface area (Å²) in [5, 5.41) is 3.96. The van der Waals surface area contributed by atoms with Gasteiger partial charge in [0.25, 0.3) is 0 Å². The van der Waals surface area contributed by atoms with Gasteiger partial charge in [-0.15, -0.1) is 11.6 Å². The van der Waals surface area contributed by atoms with Gasteiger partial charge in [-0.3, -0.25) is 4.90 Å². The lowest BCUT2D eigenvalue weighted by Gasteiger charge is -2.31. The fourth-order valence-electron chi connectivity index (χ4n) is 1.54. The number of hydrogen-bond donors (Lipinski definition) is 0. The highest BCUT2D eigenvalue weighted by Gasteiger charge is 2.19. The SMILES string of the molecule is CON=C1CCN(C(C)CCl)CC1. The Hall–Kier alpha value is -0.280. The molecular formula is C9H17ClN2O. The molecule has 4 heteroatoms. The zero-order valence-corrected chi connectivity index (χ0v) is 9.05. The summed E-state index contributed by atoms with van der Waals surface area (Å²) in [6.07, 6.45) is 2.02. The molecule has 0 aromatic rings. The first-order valence-corrected chi connectivity index (χ1v) is 5.20. The third kappa shape index (κ3) is 3.16. The van der Waals surface area contributed by atoms with Crippen molar-refractivity contribution in [3.05, 3.63) is 0 Å². The number of halogens is 1. The molecule has 76 valence electrons. The lowest BCUT2D eigenvalue weighted by molar-refractivity contribution is 0.196. The Morgan fingerprint density at radius 3 is 2.62 bits per heavy atom. The third-order valence-corrected chi connectivity index (χ3v) is 2.89. The number of nitrogens with zero attached hydrogens (tertiary/aromatic N) is 2. The van der Waals surface area contributed by atoms with Crippen LogP contribution in [-0.4, -0.2) is 42.7 Å². The lowest BCUT2D eigenvalue weighted by Crippen LogP contribution is -2.41. The molecule has 1 aliphatic heterocycles. The minimum atomic E-state index is 0.478. The molecule has 0 saturated carbocycles. The topological polar surface area (TPSA) is 24.8 Å². The van der Waals surface area contributed by atoms with Crippen LogP contribution in [0.5, 0.6) is 0 Å². The van der Waals surface area contributed by atoms with E-state index in [0.717, 1.165) is 25.9 Å². The Morgan fingerprint density at radius 2 is 2.15 bits per heavy atom. The average molecular weight is 205 g/mol. The molecule has 0 spiro atoms. The van der Waals surface area contributed by atoms with Gasteiger partial charge in [0, 0.05) is 37.9 Å². The van der Waals surface area contributed by atoms with Crippen LogP contribution >= 0.6 is 11.6 Å². The highest BCUT2D eigenvalue weighted by molar-refractivity contribution is 6.18. The summed E-state index contributed by atoms with van der Waals surface area (Å²) in [6, 6.07) is 0.478. The highest BCUT2D eigenvalue weighted by atomic mass is 35.5. The molecule has 0 N–H and O–H groups in total.